The molecule has 0 aliphatic heterocycles. The molecule has 0 radical (unpaired) electrons. The van der Waals surface area contributed by atoms with Crippen molar-refractivity contribution in [3.8, 4) is 0 Å². The SMILES string of the molecule is Cc1ccc(Br)cc1S(=O)(=O)Nc1nc(C)c(C)s1. The lowest BCUT2D eigenvalue weighted by Crippen LogP contribution is -2.14. The van der Waals surface area contributed by atoms with Crippen molar-refractivity contribution in [1.29, 1.82) is 0 Å². The average molecular weight is 361 g/mol. The molecule has 0 aliphatic carbocycles. The number of rotatable bonds is 3. The molecule has 0 bridgehead atoms. The number of nitrogens with zero attached hydrogens (tertiary/aromatic N) is 1. The van der Waals surface area contributed by atoms with Gasteiger partial charge in [0.1, 0.15) is 0 Å². The van der Waals surface area contributed by atoms with E-state index in [1.165, 1.54) is 11.3 Å². The highest BCUT2D eigenvalue weighted by Crippen LogP contribution is 2.26. The Bertz CT molecular complexity index is 704. The van der Waals surface area contributed by atoms with E-state index in [1.807, 2.05) is 19.9 Å². The average Bonchev–Trinajstić information content (AvgIpc) is 2.60. The largest absolute Gasteiger partial charge is 0.263 e. The molecular weight excluding hydrogens is 348 g/mol. The molecule has 0 unspecified atom stereocenters. The van der Waals surface area contributed by atoms with Crippen molar-refractivity contribution < 1.29 is 8.42 Å². The molecule has 0 saturated carbocycles. The van der Waals surface area contributed by atoms with Crippen molar-refractivity contribution in [2.75, 3.05) is 4.72 Å². The molecule has 0 fully saturated rings. The normalized spacial score (nSPS) is 11.6. The van der Waals surface area contributed by atoms with Crippen molar-refractivity contribution in [1.82, 2.24) is 4.98 Å². The Kier molecular flexibility index (Phi) is 3.98. The highest BCUT2D eigenvalue weighted by atomic mass is 79.9. The summed E-state index contributed by atoms with van der Waals surface area (Å²) in [6.07, 6.45) is 0. The van der Waals surface area contributed by atoms with Crippen LogP contribution >= 0.6 is 27.3 Å². The van der Waals surface area contributed by atoms with Crippen LogP contribution in [0.15, 0.2) is 27.6 Å². The summed E-state index contributed by atoms with van der Waals surface area (Å²) in [4.78, 5) is 5.45. The lowest BCUT2D eigenvalue weighted by Gasteiger charge is -2.08. The van der Waals surface area contributed by atoms with Crippen LogP contribution in [0.1, 0.15) is 16.1 Å². The molecule has 102 valence electrons. The summed E-state index contributed by atoms with van der Waals surface area (Å²) in [5.41, 5.74) is 1.54. The molecule has 0 aliphatic rings. The minimum atomic E-state index is -3.60. The van der Waals surface area contributed by atoms with Gasteiger partial charge < -0.3 is 0 Å². The Labute approximate surface area is 125 Å². The molecule has 2 rings (SSSR count). The van der Waals surface area contributed by atoms with Crippen LogP contribution in [0.3, 0.4) is 0 Å². The van der Waals surface area contributed by atoms with Gasteiger partial charge in [0, 0.05) is 9.35 Å². The van der Waals surface area contributed by atoms with E-state index in [-0.39, 0.29) is 4.90 Å². The van der Waals surface area contributed by atoms with Gasteiger partial charge in [-0.05, 0) is 38.5 Å². The summed E-state index contributed by atoms with van der Waals surface area (Å²) in [6, 6.07) is 5.16. The maximum atomic E-state index is 12.3. The lowest BCUT2D eigenvalue weighted by molar-refractivity contribution is 0.600. The molecule has 0 saturated heterocycles. The second-order valence-electron chi connectivity index (χ2n) is 4.18. The second-order valence-corrected chi connectivity index (χ2v) is 7.95. The number of benzene rings is 1. The Morgan fingerprint density at radius 2 is 1.95 bits per heavy atom. The van der Waals surface area contributed by atoms with Gasteiger partial charge in [-0.25, -0.2) is 13.4 Å². The van der Waals surface area contributed by atoms with Crippen molar-refractivity contribution >= 4 is 42.4 Å². The molecule has 0 spiro atoms. The minimum absolute atomic E-state index is 0.257. The van der Waals surface area contributed by atoms with Crippen LogP contribution in [0.5, 0.6) is 0 Å². The molecule has 19 heavy (non-hydrogen) atoms. The van der Waals surface area contributed by atoms with Gasteiger partial charge in [0.15, 0.2) is 5.13 Å². The predicted octanol–water partition coefficient (Wildman–Crippen LogP) is 3.63. The zero-order chi connectivity index (χ0) is 14.2. The first kappa shape index (κ1) is 14.5. The third kappa shape index (κ3) is 3.16. The zero-order valence-corrected chi connectivity index (χ0v) is 13.9. The van der Waals surface area contributed by atoms with Crippen LogP contribution in [0.4, 0.5) is 5.13 Å². The molecule has 4 nitrogen and oxygen atoms in total. The van der Waals surface area contributed by atoms with E-state index in [0.29, 0.717) is 10.7 Å². The molecule has 2 aromatic rings. The first-order chi connectivity index (χ1) is 8.79. The molecule has 0 amide bonds. The number of nitrogens with one attached hydrogen (secondary N) is 1. The van der Waals surface area contributed by atoms with Crippen LogP contribution in [0.25, 0.3) is 0 Å². The lowest BCUT2D eigenvalue weighted by atomic mass is 10.2. The molecule has 1 heterocycles. The summed E-state index contributed by atoms with van der Waals surface area (Å²) in [6.45, 7) is 5.53. The van der Waals surface area contributed by atoms with Crippen LogP contribution in [0, 0.1) is 20.8 Å². The van der Waals surface area contributed by atoms with Crippen molar-refractivity contribution in [3.63, 3.8) is 0 Å². The Morgan fingerprint density at radius 3 is 2.53 bits per heavy atom. The molecule has 7 heteroatoms. The van der Waals surface area contributed by atoms with E-state index in [0.717, 1.165) is 15.0 Å². The number of aryl methyl sites for hydroxylation is 3. The van der Waals surface area contributed by atoms with E-state index >= 15 is 0 Å². The van der Waals surface area contributed by atoms with Crippen LogP contribution < -0.4 is 4.72 Å². The Balaban J connectivity index is 2.40. The topological polar surface area (TPSA) is 59.1 Å². The van der Waals surface area contributed by atoms with Gasteiger partial charge in [-0.15, -0.1) is 11.3 Å². The number of halogens is 1. The third-order valence-electron chi connectivity index (χ3n) is 2.69. The maximum absolute atomic E-state index is 12.3. The maximum Gasteiger partial charge on any atom is 0.263 e. The summed E-state index contributed by atoms with van der Waals surface area (Å²) in [5.74, 6) is 0. The van der Waals surface area contributed by atoms with Gasteiger partial charge in [-0.2, -0.15) is 0 Å². The Hall–Kier alpha value is -0.920. The molecule has 1 aromatic heterocycles. The smallest absolute Gasteiger partial charge is 0.255 e. The van der Waals surface area contributed by atoms with Gasteiger partial charge in [0.2, 0.25) is 0 Å². The van der Waals surface area contributed by atoms with Gasteiger partial charge in [0.05, 0.1) is 10.6 Å². The minimum Gasteiger partial charge on any atom is -0.255 e. The number of hydrogen-bond donors (Lipinski definition) is 1. The molecule has 1 aromatic carbocycles. The van der Waals surface area contributed by atoms with Gasteiger partial charge in [-0.1, -0.05) is 22.0 Å². The quantitative estimate of drug-likeness (QED) is 0.908. The number of thiazole rings is 1. The number of hydrogen-bond acceptors (Lipinski definition) is 4. The first-order valence-corrected chi connectivity index (χ1v) is 8.62. The van der Waals surface area contributed by atoms with Crippen molar-refractivity contribution in [3.05, 3.63) is 38.8 Å². The van der Waals surface area contributed by atoms with E-state index in [1.54, 1.807) is 19.1 Å². The number of aromatic nitrogens is 1. The predicted molar refractivity (Wildman–Crippen MR) is 81.3 cm³/mol. The summed E-state index contributed by atoms with van der Waals surface area (Å²) < 4.78 is 27.9. The third-order valence-corrected chi connectivity index (χ3v) is 5.78. The highest BCUT2D eigenvalue weighted by molar-refractivity contribution is 9.10. The van der Waals surface area contributed by atoms with E-state index in [4.69, 9.17) is 0 Å². The monoisotopic (exact) mass is 360 g/mol. The van der Waals surface area contributed by atoms with Gasteiger partial charge in [0.25, 0.3) is 10.0 Å². The van der Waals surface area contributed by atoms with Crippen molar-refractivity contribution in [2.24, 2.45) is 0 Å². The van der Waals surface area contributed by atoms with Gasteiger partial charge >= 0.3 is 0 Å². The fourth-order valence-electron chi connectivity index (χ4n) is 1.55. The first-order valence-electron chi connectivity index (χ1n) is 5.52. The van der Waals surface area contributed by atoms with Crippen LogP contribution in [-0.4, -0.2) is 13.4 Å². The van der Waals surface area contributed by atoms with E-state index in [9.17, 15) is 8.42 Å². The zero-order valence-electron chi connectivity index (χ0n) is 10.7. The van der Waals surface area contributed by atoms with Crippen LogP contribution in [-0.2, 0) is 10.0 Å². The summed E-state index contributed by atoms with van der Waals surface area (Å²) >= 11 is 4.62. The van der Waals surface area contributed by atoms with E-state index in [2.05, 4.69) is 25.6 Å². The summed E-state index contributed by atoms with van der Waals surface area (Å²) in [5, 5.41) is 0.398. The fraction of sp³-hybridized carbons (Fsp3) is 0.250. The van der Waals surface area contributed by atoms with E-state index < -0.39 is 10.0 Å². The van der Waals surface area contributed by atoms with Crippen molar-refractivity contribution in [2.45, 2.75) is 25.7 Å². The standard InChI is InChI=1S/C12H13BrN2O2S2/c1-7-4-5-10(13)6-11(7)19(16,17)15-12-14-8(2)9(3)18-12/h4-6H,1-3H3,(H,14,15). The Morgan fingerprint density at radius 1 is 1.26 bits per heavy atom. The number of anilines is 1. The highest BCUT2D eigenvalue weighted by Gasteiger charge is 2.19. The number of sulfonamides is 1. The fourth-order valence-corrected chi connectivity index (χ4v) is 4.38. The van der Waals surface area contributed by atoms with Gasteiger partial charge in [-0.3, -0.25) is 4.72 Å². The second kappa shape index (κ2) is 5.22. The molecular formula is C12H13BrN2O2S2. The molecule has 1 N–H and O–H groups in total. The van der Waals surface area contributed by atoms with Crippen LogP contribution in [0.2, 0.25) is 0 Å². The molecule has 0 atom stereocenters. The summed E-state index contributed by atoms with van der Waals surface area (Å²) in [7, 11) is -3.60.